The molecule has 1 aliphatic carbocycles. The van der Waals surface area contributed by atoms with Crippen LogP contribution in [0.3, 0.4) is 0 Å². The first-order valence-corrected chi connectivity index (χ1v) is 19.0. The van der Waals surface area contributed by atoms with Crippen LogP contribution < -0.4 is 21.1 Å². The van der Waals surface area contributed by atoms with Crippen molar-refractivity contribution in [3.8, 4) is 22.8 Å². The molecule has 11 heteroatoms. The molecule has 2 aliphatic rings. The molecule has 1 saturated carbocycles. The molecule has 1 aliphatic heterocycles. The van der Waals surface area contributed by atoms with Gasteiger partial charge in [0, 0.05) is 44.1 Å². The Morgan fingerprint density at radius 2 is 1.90 bits per heavy atom. The molecule has 11 nitrogen and oxygen atoms in total. The molecule has 3 heterocycles. The zero-order chi connectivity index (χ0) is 36.7. The van der Waals surface area contributed by atoms with Gasteiger partial charge >= 0.3 is 0 Å². The summed E-state index contributed by atoms with van der Waals surface area (Å²) in [5.41, 5.74) is 10.8. The zero-order valence-electron chi connectivity index (χ0n) is 31.0. The number of rotatable bonds is 14. The zero-order valence-corrected chi connectivity index (χ0v) is 31.0. The van der Waals surface area contributed by atoms with E-state index in [1.165, 1.54) is 24.7 Å². The maximum Gasteiger partial charge on any atom is 0.224 e. The molecule has 0 radical (unpaired) electrons. The minimum atomic E-state index is -0.124. The number of piperidine rings is 1. The number of likely N-dealkylation sites (tertiary alicyclic amines) is 1. The van der Waals surface area contributed by atoms with Crippen LogP contribution in [0.4, 0.5) is 11.5 Å². The summed E-state index contributed by atoms with van der Waals surface area (Å²) in [6.45, 7) is 13.7. The molecule has 276 valence electrons. The molecule has 4 N–H and O–H groups in total. The Labute approximate surface area is 307 Å². The van der Waals surface area contributed by atoms with E-state index in [1.54, 1.807) is 0 Å². The summed E-state index contributed by atoms with van der Waals surface area (Å²) in [6, 6.07) is 15.2. The van der Waals surface area contributed by atoms with Gasteiger partial charge in [-0.15, -0.1) is 0 Å². The van der Waals surface area contributed by atoms with E-state index in [4.69, 9.17) is 15.6 Å². The monoisotopic (exact) mass is 706 g/mol. The molecule has 0 bridgehead atoms. The standard InChI is InChI=1S/C41H54N8O3/c1-5-35(50)46-33-25-30(14-15-34(33)52-32-12-8-7-9-13-32)37-36-38(42)44-27-45-39(36)49(47-37)31-17-22-48(23-18-31)24-21-43-40(51)29(4)16-20-41(6-2)19-10-11-28(3)26-41/h7-9,12-15,25,27,29,31H,3,5-6,10-11,16-24,26H2,1-2,4H3,(H,43,51)(H,46,50)(H2,42,44,45)/t29-,41?/m1/s1. The van der Waals surface area contributed by atoms with Crippen molar-refractivity contribution in [2.24, 2.45) is 11.3 Å². The Morgan fingerprint density at radius 3 is 2.63 bits per heavy atom. The highest BCUT2D eigenvalue weighted by Crippen LogP contribution is 2.45. The first-order chi connectivity index (χ1) is 25.2. The van der Waals surface area contributed by atoms with Gasteiger partial charge in [0.1, 0.15) is 23.6 Å². The predicted octanol–water partition coefficient (Wildman–Crippen LogP) is 7.91. The Bertz CT molecular complexity index is 1870. The van der Waals surface area contributed by atoms with Crippen molar-refractivity contribution in [2.75, 3.05) is 37.2 Å². The third kappa shape index (κ3) is 8.63. The summed E-state index contributed by atoms with van der Waals surface area (Å²) in [5.74, 6) is 1.58. The van der Waals surface area contributed by atoms with Gasteiger partial charge in [-0.05, 0) is 87.1 Å². The first kappa shape index (κ1) is 37.0. The lowest BCUT2D eigenvalue weighted by atomic mass is 9.67. The van der Waals surface area contributed by atoms with E-state index < -0.39 is 0 Å². The Kier molecular flexibility index (Phi) is 11.9. The molecule has 4 aromatic rings. The number of nitrogens with two attached hydrogens (primary N) is 1. The lowest BCUT2D eigenvalue weighted by Crippen LogP contribution is -2.41. The van der Waals surface area contributed by atoms with E-state index >= 15 is 0 Å². The summed E-state index contributed by atoms with van der Waals surface area (Å²) in [4.78, 5) is 36.9. The number of nitrogen functional groups attached to an aromatic ring is 1. The summed E-state index contributed by atoms with van der Waals surface area (Å²) >= 11 is 0. The molecule has 0 spiro atoms. The number of carbonyl (C=O) groups excluding carboxylic acids is 2. The van der Waals surface area contributed by atoms with Gasteiger partial charge in [0.25, 0.3) is 0 Å². The van der Waals surface area contributed by atoms with Crippen LogP contribution in [0.1, 0.15) is 91.0 Å². The average molecular weight is 707 g/mol. The first-order valence-electron chi connectivity index (χ1n) is 19.0. The normalized spacial score (nSPS) is 19.0. The number of hydrogen-bond acceptors (Lipinski definition) is 8. The van der Waals surface area contributed by atoms with Gasteiger partial charge in [0.2, 0.25) is 11.8 Å². The second kappa shape index (κ2) is 16.7. The maximum absolute atomic E-state index is 13.0. The fourth-order valence-electron chi connectivity index (χ4n) is 7.84. The van der Waals surface area contributed by atoms with Gasteiger partial charge < -0.3 is 26.0 Å². The second-order valence-corrected chi connectivity index (χ2v) is 14.7. The number of aromatic nitrogens is 4. The smallest absolute Gasteiger partial charge is 0.224 e. The lowest BCUT2D eigenvalue weighted by molar-refractivity contribution is -0.125. The van der Waals surface area contributed by atoms with E-state index in [-0.39, 0.29) is 23.8 Å². The van der Waals surface area contributed by atoms with Crippen molar-refractivity contribution in [1.82, 2.24) is 30.0 Å². The fraction of sp³-hybridized carbons (Fsp3) is 0.488. The molecule has 2 amide bonds. The molecular weight excluding hydrogens is 653 g/mol. The van der Waals surface area contributed by atoms with Crippen LogP contribution in [-0.4, -0.2) is 62.6 Å². The second-order valence-electron chi connectivity index (χ2n) is 14.7. The van der Waals surface area contributed by atoms with Crippen molar-refractivity contribution in [1.29, 1.82) is 0 Å². The van der Waals surface area contributed by atoms with E-state index in [0.717, 1.165) is 70.1 Å². The van der Waals surface area contributed by atoms with Crippen LogP contribution in [-0.2, 0) is 9.59 Å². The van der Waals surface area contributed by atoms with E-state index in [9.17, 15) is 9.59 Å². The van der Waals surface area contributed by atoms with Crippen molar-refractivity contribution in [3.05, 3.63) is 67.0 Å². The van der Waals surface area contributed by atoms with Crippen LogP contribution in [0.25, 0.3) is 22.3 Å². The van der Waals surface area contributed by atoms with Crippen LogP contribution in [0.5, 0.6) is 11.5 Å². The summed E-state index contributed by atoms with van der Waals surface area (Å²) in [6.07, 6.45) is 11.5. The maximum atomic E-state index is 13.0. The number of benzene rings is 2. The van der Waals surface area contributed by atoms with Gasteiger partial charge in [-0.25, -0.2) is 14.6 Å². The van der Waals surface area contributed by atoms with E-state index in [1.807, 2.05) is 60.1 Å². The van der Waals surface area contributed by atoms with Gasteiger partial charge in [-0.2, -0.15) is 5.10 Å². The van der Waals surface area contributed by atoms with Gasteiger partial charge in [-0.3, -0.25) is 9.59 Å². The van der Waals surface area contributed by atoms with Crippen molar-refractivity contribution in [2.45, 2.75) is 91.0 Å². The van der Waals surface area contributed by atoms with Gasteiger partial charge in [0.15, 0.2) is 11.4 Å². The lowest BCUT2D eigenvalue weighted by Gasteiger charge is -2.38. The highest BCUT2D eigenvalue weighted by molar-refractivity contribution is 6.00. The minimum Gasteiger partial charge on any atom is -0.455 e. The predicted molar refractivity (Wildman–Crippen MR) is 207 cm³/mol. The Morgan fingerprint density at radius 1 is 1.12 bits per heavy atom. The van der Waals surface area contributed by atoms with Crippen LogP contribution >= 0.6 is 0 Å². The van der Waals surface area contributed by atoms with Gasteiger partial charge in [-0.1, -0.05) is 57.5 Å². The number of nitrogens with zero attached hydrogens (tertiary/aromatic N) is 5. The number of carbonyl (C=O) groups is 2. The summed E-state index contributed by atoms with van der Waals surface area (Å²) in [5, 5.41) is 12.0. The number of nitrogens with one attached hydrogen (secondary N) is 2. The fourth-order valence-corrected chi connectivity index (χ4v) is 7.84. The van der Waals surface area contributed by atoms with Gasteiger partial charge in [0.05, 0.1) is 17.1 Å². The van der Waals surface area contributed by atoms with Crippen LogP contribution in [0, 0.1) is 11.3 Å². The molecule has 1 unspecified atom stereocenters. The largest absolute Gasteiger partial charge is 0.455 e. The quantitative estimate of drug-likeness (QED) is 0.112. The number of anilines is 2. The molecule has 2 aromatic carbocycles. The van der Waals surface area contributed by atoms with Crippen molar-refractivity contribution in [3.63, 3.8) is 0 Å². The number of allylic oxidation sites excluding steroid dienone is 1. The molecular formula is C41H54N8O3. The number of para-hydroxylation sites is 1. The highest BCUT2D eigenvalue weighted by atomic mass is 16.5. The molecule has 2 aromatic heterocycles. The molecule has 2 fully saturated rings. The Hall–Kier alpha value is -4.77. The SMILES string of the molecule is C=C1CCCC(CC)(CC[C@@H](C)C(=O)NCCN2CCC(n3nc(-c4ccc(Oc5ccccc5)c(NC(=O)CC)c4)c4c(N)ncnc43)CC2)C1. The average Bonchev–Trinajstić information content (AvgIpc) is 3.56. The molecule has 2 atom stereocenters. The highest BCUT2D eigenvalue weighted by Gasteiger charge is 2.32. The topological polar surface area (TPSA) is 140 Å². The van der Waals surface area contributed by atoms with Crippen molar-refractivity contribution < 1.29 is 14.3 Å². The third-order valence-corrected chi connectivity index (χ3v) is 11.1. The number of hydrogen-bond donors (Lipinski definition) is 3. The van der Waals surface area contributed by atoms with Crippen LogP contribution in [0.2, 0.25) is 0 Å². The summed E-state index contributed by atoms with van der Waals surface area (Å²) < 4.78 is 8.14. The van der Waals surface area contributed by atoms with E-state index in [2.05, 4.69) is 45.9 Å². The molecule has 1 saturated heterocycles. The van der Waals surface area contributed by atoms with Crippen molar-refractivity contribution >= 4 is 34.4 Å². The number of ether oxygens (including phenoxy) is 1. The number of fused-ring (bicyclic) bond motifs is 1. The van der Waals surface area contributed by atoms with E-state index in [0.29, 0.717) is 58.1 Å². The summed E-state index contributed by atoms with van der Waals surface area (Å²) in [7, 11) is 0. The third-order valence-electron chi connectivity index (χ3n) is 11.1. The Balaban J connectivity index is 1.09. The number of amides is 2. The van der Waals surface area contributed by atoms with Crippen LogP contribution in [0.15, 0.2) is 67.0 Å². The minimum absolute atomic E-state index is 0.00709. The molecule has 52 heavy (non-hydrogen) atoms. The molecule has 6 rings (SSSR count).